The Morgan fingerprint density at radius 1 is 0.905 bits per heavy atom. The smallest absolute Gasteiger partial charge is 0.349 e. The van der Waals surface area contributed by atoms with Gasteiger partial charge >= 0.3 is 5.97 Å². The zero-order valence-electron chi connectivity index (χ0n) is 23.4. The normalized spacial score (nSPS) is 13.9. The molecule has 1 heterocycles. The van der Waals surface area contributed by atoms with Gasteiger partial charge in [-0.15, -0.1) is 0 Å². The third-order valence-electron chi connectivity index (χ3n) is 6.93. The van der Waals surface area contributed by atoms with Crippen LogP contribution in [-0.4, -0.2) is 12.6 Å². The SMILES string of the molecule is Cc1ccc(COc2ccc(C3C(C#N)=C(N)Oc4cc(OC(=O)COc5cc(C)c(Cl)c(C)c5)ccc43)cc2)cc1. The highest BCUT2D eigenvalue weighted by molar-refractivity contribution is 6.32. The Bertz CT molecular complexity index is 1680. The van der Waals surface area contributed by atoms with Crippen molar-refractivity contribution in [2.45, 2.75) is 33.3 Å². The number of benzene rings is 4. The van der Waals surface area contributed by atoms with Crippen LogP contribution in [0.4, 0.5) is 0 Å². The summed E-state index contributed by atoms with van der Waals surface area (Å²) < 4.78 is 22.8. The van der Waals surface area contributed by atoms with Crippen molar-refractivity contribution in [2.75, 3.05) is 6.61 Å². The highest BCUT2D eigenvalue weighted by Crippen LogP contribution is 2.43. The molecule has 8 heteroatoms. The van der Waals surface area contributed by atoms with Crippen LogP contribution in [0.5, 0.6) is 23.0 Å². The molecule has 0 saturated carbocycles. The van der Waals surface area contributed by atoms with Crippen molar-refractivity contribution in [3.63, 3.8) is 0 Å². The van der Waals surface area contributed by atoms with E-state index in [2.05, 4.69) is 6.07 Å². The number of carbonyl (C=O) groups is 1. The van der Waals surface area contributed by atoms with Crippen LogP contribution in [0.2, 0.25) is 5.02 Å². The Labute approximate surface area is 249 Å². The number of aryl methyl sites for hydroxylation is 3. The molecule has 4 aromatic rings. The van der Waals surface area contributed by atoms with E-state index in [0.29, 0.717) is 34.5 Å². The first-order valence-corrected chi connectivity index (χ1v) is 13.7. The van der Waals surface area contributed by atoms with E-state index in [0.717, 1.165) is 27.8 Å². The Morgan fingerprint density at radius 2 is 1.57 bits per heavy atom. The van der Waals surface area contributed by atoms with E-state index in [9.17, 15) is 10.1 Å². The molecule has 0 aliphatic carbocycles. The van der Waals surface area contributed by atoms with Gasteiger partial charge in [-0.2, -0.15) is 5.26 Å². The monoisotopic (exact) mass is 580 g/mol. The molecule has 0 spiro atoms. The lowest BCUT2D eigenvalue weighted by Gasteiger charge is -2.26. The van der Waals surface area contributed by atoms with E-state index in [1.807, 2.05) is 69.3 Å². The Balaban J connectivity index is 1.29. The topological polar surface area (TPSA) is 104 Å². The van der Waals surface area contributed by atoms with Gasteiger partial charge in [0.25, 0.3) is 0 Å². The number of hydrogen-bond acceptors (Lipinski definition) is 7. The summed E-state index contributed by atoms with van der Waals surface area (Å²) in [6.45, 7) is 5.94. The van der Waals surface area contributed by atoms with Gasteiger partial charge in [0.1, 0.15) is 41.2 Å². The molecule has 0 amide bonds. The summed E-state index contributed by atoms with van der Waals surface area (Å²) in [6.07, 6.45) is 0. The number of nitriles is 1. The van der Waals surface area contributed by atoms with Gasteiger partial charge in [0.05, 0.1) is 5.92 Å². The largest absolute Gasteiger partial charge is 0.489 e. The van der Waals surface area contributed by atoms with Crippen LogP contribution < -0.4 is 24.7 Å². The fraction of sp³-hybridized carbons (Fsp3) is 0.176. The number of nitrogens with zero attached hydrogens (tertiary/aromatic N) is 1. The fourth-order valence-corrected chi connectivity index (χ4v) is 4.85. The number of allylic oxidation sites excluding steroid dienone is 1. The summed E-state index contributed by atoms with van der Waals surface area (Å²) in [7, 11) is 0. The molecular formula is C34H29ClN2O5. The molecule has 5 rings (SSSR count). The Hall–Kier alpha value is -4.93. The third-order valence-corrected chi connectivity index (χ3v) is 7.52. The van der Waals surface area contributed by atoms with E-state index < -0.39 is 11.9 Å². The maximum atomic E-state index is 12.5. The molecular weight excluding hydrogens is 552 g/mol. The van der Waals surface area contributed by atoms with Crippen molar-refractivity contribution in [1.29, 1.82) is 5.26 Å². The average Bonchev–Trinajstić information content (AvgIpc) is 2.98. The summed E-state index contributed by atoms with van der Waals surface area (Å²) in [5.74, 6) is 0.829. The number of carbonyl (C=O) groups excluding carboxylic acids is 1. The van der Waals surface area contributed by atoms with Gasteiger partial charge in [0.2, 0.25) is 5.88 Å². The van der Waals surface area contributed by atoms with Gasteiger partial charge in [0.15, 0.2) is 6.61 Å². The minimum atomic E-state index is -0.588. The molecule has 42 heavy (non-hydrogen) atoms. The van der Waals surface area contributed by atoms with Crippen LogP contribution in [0, 0.1) is 32.1 Å². The van der Waals surface area contributed by atoms with Gasteiger partial charge in [-0.05, 0) is 73.4 Å². The first-order chi connectivity index (χ1) is 20.2. The maximum Gasteiger partial charge on any atom is 0.349 e. The summed E-state index contributed by atoms with van der Waals surface area (Å²) in [6, 6.07) is 26.4. The van der Waals surface area contributed by atoms with E-state index in [4.69, 9.17) is 36.3 Å². The van der Waals surface area contributed by atoms with Gasteiger partial charge in [-0.1, -0.05) is 59.6 Å². The molecule has 0 fully saturated rings. The number of esters is 1. The van der Waals surface area contributed by atoms with Crippen molar-refractivity contribution < 1.29 is 23.7 Å². The Morgan fingerprint density at radius 3 is 2.24 bits per heavy atom. The molecule has 0 bridgehead atoms. The summed E-state index contributed by atoms with van der Waals surface area (Å²) >= 11 is 6.21. The van der Waals surface area contributed by atoms with Gasteiger partial charge in [-0.3, -0.25) is 0 Å². The summed E-state index contributed by atoms with van der Waals surface area (Å²) in [4.78, 5) is 12.5. The number of hydrogen-bond donors (Lipinski definition) is 1. The number of fused-ring (bicyclic) bond motifs is 1. The summed E-state index contributed by atoms with van der Waals surface area (Å²) in [5.41, 5.74) is 12.0. The second-order valence-electron chi connectivity index (χ2n) is 10.1. The number of halogens is 1. The number of rotatable bonds is 8. The lowest BCUT2D eigenvalue weighted by molar-refractivity contribution is -0.136. The fourth-order valence-electron chi connectivity index (χ4n) is 4.74. The second kappa shape index (κ2) is 12.3. The van der Waals surface area contributed by atoms with E-state index in [-0.39, 0.29) is 18.2 Å². The van der Waals surface area contributed by atoms with Crippen LogP contribution in [0.3, 0.4) is 0 Å². The molecule has 0 aromatic heterocycles. The van der Waals surface area contributed by atoms with Crippen LogP contribution in [-0.2, 0) is 11.4 Å². The maximum absolute atomic E-state index is 12.5. The quantitative estimate of drug-likeness (QED) is 0.176. The molecule has 1 aliphatic rings. The zero-order valence-corrected chi connectivity index (χ0v) is 24.2. The van der Waals surface area contributed by atoms with Crippen LogP contribution >= 0.6 is 11.6 Å². The second-order valence-corrected chi connectivity index (χ2v) is 10.5. The average molecular weight is 581 g/mol. The van der Waals surface area contributed by atoms with E-state index >= 15 is 0 Å². The molecule has 4 aromatic carbocycles. The van der Waals surface area contributed by atoms with Crippen molar-refractivity contribution in [3.05, 3.63) is 129 Å². The predicted molar refractivity (Wildman–Crippen MR) is 160 cm³/mol. The number of ether oxygens (including phenoxy) is 4. The molecule has 1 aliphatic heterocycles. The first kappa shape index (κ1) is 28.6. The highest BCUT2D eigenvalue weighted by atomic mass is 35.5. The van der Waals surface area contributed by atoms with Gasteiger partial charge in [-0.25, -0.2) is 4.79 Å². The molecule has 0 saturated heterocycles. The van der Waals surface area contributed by atoms with E-state index in [1.165, 1.54) is 5.56 Å². The Kier molecular flexibility index (Phi) is 8.37. The lowest BCUT2D eigenvalue weighted by Crippen LogP contribution is -2.21. The van der Waals surface area contributed by atoms with Crippen LogP contribution in [0.1, 0.15) is 39.3 Å². The highest BCUT2D eigenvalue weighted by Gasteiger charge is 2.31. The van der Waals surface area contributed by atoms with Crippen LogP contribution in [0.15, 0.2) is 90.3 Å². The van der Waals surface area contributed by atoms with Crippen molar-refractivity contribution >= 4 is 17.6 Å². The molecule has 2 N–H and O–H groups in total. The van der Waals surface area contributed by atoms with E-state index in [1.54, 1.807) is 30.3 Å². The summed E-state index contributed by atoms with van der Waals surface area (Å²) in [5, 5.41) is 10.6. The standard InChI is InChI=1S/C34H29ClN2O5/c1-20-4-6-23(7-5-20)18-39-25-10-8-24(9-11-25)32-28-13-12-26(16-30(28)42-34(37)29(32)17-36)41-31(38)19-40-27-14-21(2)33(35)22(3)15-27/h4-16,32H,18-19,37H2,1-3H3. The molecule has 7 nitrogen and oxygen atoms in total. The predicted octanol–water partition coefficient (Wildman–Crippen LogP) is 7.05. The van der Waals surface area contributed by atoms with Crippen molar-refractivity contribution in [2.24, 2.45) is 5.73 Å². The molecule has 212 valence electrons. The lowest BCUT2D eigenvalue weighted by atomic mass is 9.83. The molecule has 1 unspecified atom stereocenters. The minimum Gasteiger partial charge on any atom is -0.489 e. The zero-order chi connectivity index (χ0) is 29.8. The van der Waals surface area contributed by atoms with Gasteiger partial charge in [0, 0.05) is 16.7 Å². The first-order valence-electron chi connectivity index (χ1n) is 13.3. The molecule has 0 radical (unpaired) electrons. The third kappa shape index (κ3) is 6.35. The van der Waals surface area contributed by atoms with Crippen molar-refractivity contribution in [1.82, 2.24) is 0 Å². The van der Waals surface area contributed by atoms with Crippen LogP contribution in [0.25, 0.3) is 0 Å². The van der Waals surface area contributed by atoms with Crippen molar-refractivity contribution in [3.8, 4) is 29.1 Å². The number of nitrogens with two attached hydrogens (primary N) is 1. The van der Waals surface area contributed by atoms with Gasteiger partial charge < -0.3 is 24.7 Å². The minimum absolute atomic E-state index is 0.00464. The molecule has 1 atom stereocenters.